The zero-order chi connectivity index (χ0) is 12.7. The summed E-state index contributed by atoms with van der Waals surface area (Å²) in [5.74, 6) is 0.529. The maximum absolute atomic E-state index is 5.94. The van der Waals surface area contributed by atoms with E-state index in [9.17, 15) is 0 Å². The first-order valence-electron chi connectivity index (χ1n) is 5.63. The van der Waals surface area contributed by atoms with Crippen molar-refractivity contribution in [2.24, 2.45) is 0 Å². The molecule has 4 nitrogen and oxygen atoms in total. The van der Waals surface area contributed by atoms with Crippen molar-refractivity contribution >= 4 is 39.9 Å². The third-order valence-corrected chi connectivity index (χ3v) is 3.24. The number of hydrogen-bond acceptors (Lipinski definition) is 3. The Bertz CT molecular complexity index is 720. The summed E-state index contributed by atoms with van der Waals surface area (Å²) in [6.07, 6.45) is 0.779. The molecule has 0 fully saturated rings. The Kier molecular flexibility index (Phi) is 2.84. The SMILES string of the molecule is CCc1nc2ccccc2n2c(C(Cl)Cl)nnc12. The van der Waals surface area contributed by atoms with Crippen molar-refractivity contribution in [2.45, 2.75) is 18.2 Å². The zero-order valence-electron chi connectivity index (χ0n) is 9.64. The highest BCUT2D eigenvalue weighted by atomic mass is 35.5. The number of benzene rings is 1. The second-order valence-electron chi connectivity index (χ2n) is 3.92. The van der Waals surface area contributed by atoms with Gasteiger partial charge in [0.25, 0.3) is 0 Å². The third-order valence-electron chi connectivity index (χ3n) is 2.85. The molecule has 0 aliphatic heterocycles. The normalized spacial score (nSPS) is 11.8. The van der Waals surface area contributed by atoms with Gasteiger partial charge < -0.3 is 0 Å². The van der Waals surface area contributed by atoms with Crippen LogP contribution in [0, 0.1) is 0 Å². The fourth-order valence-electron chi connectivity index (χ4n) is 2.04. The van der Waals surface area contributed by atoms with Crippen molar-refractivity contribution in [1.82, 2.24) is 19.6 Å². The summed E-state index contributed by atoms with van der Waals surface area (Å²) < 4.78 is 1.88. The van der Waals surface area contributed by atoms with Crippen LogP contribution < -0.4 is 0 Å². The van der Waals surface area contributed by atoms with E-state index in [4.69, 9.17) is 23.2 Å². The van der Waals surface area contributed by atoms with E-state index in [1.54, 1.807) is 0 Å². The van der Waals surface area contributed by atoms with Gasteiger partial charge in [-0.05, 0) is 18.6 Å². The van der Waals surface area contributed by atoms with Gasteiger partial charge in [0.2, 0.25) is 0 Å². The predicted molar refractivity (Wildman–Crippen MR) is 72.1 cm³/mol. The highest BCUT2D eigenvalue weighted by Crippen LogP contribution is 2.27. The van der Waals surface area contributed by atoms with Crippen molar-refractivity contribution in [3.8, 4) is 0 Å². The topological polar surface area (TPSA) is 43.1 Å². The Morgan fingerprint density at radius 3 is 2.72 bits per heavy atom. The van der Waals surface area contributed by atoms with E-state index in [0.29, 0.717) is 5.82 Å². The highest BCUT2D eigenvalue weighted by Gasteiger charge is 2.17. The van der Waals surface area contributed by atoms with E-state index < -0.39 is 4.84 Å². The number of hydrogen-bond donors (Lipinski definition) is 0. The van der Waals surface area contributed by atoms with Gasteiger partial charge in [-0.1, -0.05) is 42.3 Å². The molecule has 0 radical (unpaired) electrons. The van der Waals surface area contributed by atoms with Crippen molar-refractivity contribution in [1.29, 1.82) is 0 Å². The number of aryl methyl sites for hydroxylation is 1. The van der Waals surface area contributed by atoms with Crippen LogP contribution in [0.5, 0.6) is 0 Å². The van der Waals surface area contributed by atoms with Gasteiger partial charge in [-0.15, -0.1) is 10.2 Å². The standard InChI is InChI=1S/C12H10Cl2N4/c1-2-7-11-16-17-12(10(13)14)18(11)9-6-4-3-5-8(9)15-7/h3-6,10H,2H2,1H3. The molecule has 0 aliphatic rings. The van der Waals surface area contributed by atoms with Crippen molar-refractivity contribution in [3.63, 3.8) is 0 Å². The van der Waals surface area contributed by atoms with Crippen LogP contribution in [-0.2, 0) is 6.42 Å². The van der Waals surface area contributed by atoms with Crippen LogP contribution in [-0.4, -0.2) is 19.6 Å². The van der Waals surface area contributed by atoms with Gasteiger partial charge in [0.05, 0.1) is 16.7 Å². The minimum atomic E-state index is -0.712. The summed E-state index contributed by atoms with van der Waals surface area (Å²) in [6.45, 7) is 2.03. The molecule has 1 aromatic carbocycles. The van der Waals surface area contributed by atoms with Crippen LogP contribution in [0.1, 0.15) is 23.3 Å². The lowest BCUT2D eigenvalue weighted by atomic mass is 10.2. The van der Waals surface area contributed by atoms with Crippen molar-refractivity contribution in [2.75, 3.05) is 0 Å². The predicted octanol–water partition coefficient (Wildman–Crippen LogP) is 3.32. The molecular formula is C12H10Cl2N4. The molecule has 3 rings (SSSR count). The number of halogens is 2. The summed E-state index contributed by atoms with van der Waals surface area (Å²) in [5.41, 5.74) is 3.41. The molecule has 18 heavy (non-hydrogen) atoms. The summed E-state index contributed by atoms with van der Waals surface area (Å²) in [5, 5.41) is 8.21. The fraction of sp³-hybridized carbons (Fsp3) is 0.250. The van der Waals surface area contributed by atoms with Crippen LogP contribution in [0.2, 0.25) is 0 Å². The van der Waals surface area contributed by atoms with Gasteiger partial charge in [-0.25, -0.2) is 4.98 Å². The Balaban J connectivity index is 2.53. The van der Waals surface area contributed by atoms with E-state index in [0.717, 1.165) is 28.8 Å². The molecule has 0 saturated heterocycles. The van der Waals surface area contributed by atoms with E-state index >= 15 is 0 Å². The van der Waals surface area contributed by atoms with Gasteiger partial charge >= 0.3 is 0 Å². The zero-order valence-corrected chi connectivity index (χ0v) is 11.2. The van der Waals surface area contributed by atoms with E-state index in [1.165, 1.54) is 0 Å². The minimum absolute atomic E-state index is 0.529. The molecule has 0 amide bonds. The van der Waals surface area contributed by atoms with Gasteiger partial charge in [-0.3, -0.25) is 4.40 Å². The van der Waals surface area contributed by atoms with Crippen LogP contribution in [0.4, 0.5) is 0 Å². The number of para-hydroxylation sites is 2. The Hall–Kier alpha value is -1.39. The fourth-order valence-corrected chi connectivity index (χ4v) is 2.32. The Morgan fingerprint density at radius 2 is 2.00 bits per heavy atom. The Labute approximate surface area is 114 Å². The number of nitrogens with zero attached hydrogens (tertiary/aromatic N) is 4. The lowest BCUT2D eigenvalue weighted by Gasteiger charge is -2.07. The summed E-state index contributed by atoms with van der Waals surface area (Å²) >= 11 is 11.9. The molecule has 0 unspecified atom stereocenters. The minimum Gasteiger partial charge on any atom is -0.273 e. The van der Waals surface area contributed by atoms with Crippen molar-refractivity contribution < 1.29 is 0 Å². The highest BCUT2D eigenvalue weighted by molar-refractivity contribution is 6.43. The first kappa shape index (κ1) is 11.7. The first-order valence-corrected chi connectivity index (χ1v) is 6.50. The monoisotopic (exact) mass is 280 g/mol. The molecular weight excluding hydrogens is 271 g/mol. The van der Waals surface area contributed by atoms with Crippen LogP contribution >= 0.6 is 23.2 Å². The number of rotatable bonds is 2. The second kappa shape index (κ2) is 4.37. The molecule has 0 atom stereocenters. The quantitative estimate of drug-likeness (QED) is 0.677. The maximum atomic E-state index is 5.94. The Morgan fingerprint density at radius 1 is 1.22 bits per heavy atom. The van der Waals surface area contributed by atoms with E-state index in [2.05, 4.69) is 15.2 Å². The van der Waals surface area contributed by atoms with E-state index in [-0.39, 0.29) is 0 Å². The summed E-state index contributed by atoms with van der Waals surface area (Å²) in [6, 6.07) is 7.80. The average molecular weight is 281 g/mol. The molecule has 0 saturated carbocycles. The molecule has 0 aliphatic carbocycles. The average Bonchev–Trinajstić information content (AvgIpc) is 2.83. The molecule has 92 valence electrons. The van der Waals surface area contributed by atoms with E-state index in [1.807, 2.05) is 35.6 Å². The molecule has 2 heterocycles. The maximum Gasteiger partial charge on any atom is 0.183 e. The smallest absolute Gasteiger partial charge is 0.183 e. The molecule has 3 aromatic rings. The molecule has 6 heteroatoms. The molecule has 0 spiro atoms. The number of fused-ring (bicyclic) bond motifs is 3. The van der Waals surface area contributed by atoms with Gasteiger partial charge in [0.15, 0.2) is 16.3 Å². The van der Waals surface area contributed by atoms with Crippen molar-refractivity contribution in [3.05, 3.63) is 35.8 Å². The summed E-state index contributed by atoms with van der Waals surface area (Å²) in [4.78, 5) is 3.87. The van der Waals surface area contributed by atoms with Gasteiger partial charge in [0.1, 0.15) is 0 Å². The van der Waals surface area contributed by atoms with Crippen LogP contribution in [0.15, 0.2) is 24.3 Å². The van der Waals surface area contributed by atoms with Crippen LogP contribution in [0.25, 0.3) is 16.7 Å². The lowest BCUT2D eigenvalue weighted by Crippen LogP contribution is -2.01. The molecule has 2 aromatic heterocycles. The number of alkyl halides is 2. The second-order valence-corrected chi connectivity index (χ2v) is 5.01. The first-order chi connectivity index (χ1) is 8.72. The summed E-state index contributed by atoms with van der Waals surface area (Å²) in [7, 11) is 0. The van der Waals surface area contributed by atoms with Gasteiger partial charge in [0, 0.05) is 0 Å². The number of aromatic nitrogens is 4. The lowest BCUT2D eigenvalue weighted by molar-refractivity contribution is 0.983. The molecule has 0 bridgehead atoms. The molecule has 0 N–H and O–H groups in total. The van der Waals surface area contributed by atoms with Gasteiger partial charge in [-0.2, -0.15) is 0 Å². The van der Waals surface area contributed by atoms with Crippen LogP contribution in [0.3, 0.4) is 0 Å². The third kappa shape index (κ3) is 1.64. The largest absolute Gasteiger partial charge is 0.273 e.